The number of rotatable bonds is 6. The molecule has 1 aromatic rings. The fourth-order valence-corrected chi connectivity index (χ4v) is 1.26. The standard InChI is InChI=1S/C12H13F5N2O2/c1-6(21-5-12(16,17)11(14)15)10(20)19-9-3-2-7(13)4-8(9)18/h2-4,6,11H,5,18H2,1H3,(H,19,20). The highest BCUT2D eigenvalue weighted by Gasteiger charge is 2.41. The molecule has 0 aromatic heterocycles. The quantitative estimate of drug-likeness (QED) is 0.627. The van der Waals surface area contributed by atoms with Gasteiger partial charge in [0.1, 0.15) is 18.5 Å². The summed E-state index contributed by atoms with van der Waals surface area (Å²) in [5.41, 5.74) is 5.42. The molecule has 0 fully saturated rings. The smallest absolute Gasteiger partial charge is 0.330 e. The van der Waals surface area contributed by atoms with Crippen molar-refractivity contribution in [3.8, 4) is 0 Å². The lowest BCUT2D eigenvalue weighted by Crippen LogP contribution is -2.37. The van der Waals surface area contributed by atoms with E-state index in [4.69, 9.17) is 5.73 Å². The van der Waals surface area contributed by atoms with E-state index in [0.717, 1.165) is 19.1 Å². The number of anilines is 2. The Bertz CT molecular complexity index is 510. The molecule has 9 heteroatoms. The first-order valence-electron chi connectivity index (χ1n) is 5.77. The molecule has 4 nitrogen and oxygen atoms in total. The largest absolute Gasteiger partial charge is 0.397 e. The zero-order valence-electron chi connectivity index (χ0n) is 10.9. The summed E-state index contributed by atoms with van der Waals surface area (Å²) >= 11 is 0. The van der Waals surface area contributed by atoms with Crippen LogP contribution < -0.4 is 11.1 Å². The minimum Gasteiger partial charge on any atom is -0.397 e. The third kappa shape index (κ3) is 4.85. The summed E-state index contributed by atoms with van der Waals surface area (Å²) < 4.78 is 66.3. The molecule has 0 aliphatic carbocycles. The Morgan fingerprint density at radius 3 is 2.57 bits per heavy atom. The first kappa shape index (κ1) is 17.2. The van der Waals surface area contributed by atoms with E-state index >= 15 is 0 Å². The zero-order chi connectivity index (χ0) is 16.2. The number of benzene rings is 1. The molecule has 0 aliphatic heterocycles. The summed E-state index contributed by atoms with van der Waals surface area (Å²) in [6, 6.07) is 3.15. The predicted octanol–water partition coefficient (Wildman–Crippen LogP) is 2.65. The van der Waals surface area contributed by atoms with Gasteiger partial charge < -0.3 is 15.8 Å². The predicted molar refractivity (Wildman–Crippen MR) is 65.8 cm³/mol. The van der Waals surface area contributed by atoms with Gasteiger partial charge in [-0.25, -0.2) is 13.2 Å². The van der Waals surface area contributed by atoms with Crippen LogP contribution >= 0.6 is 0 Å². The minimum absolute atomic E-state index is 0.0532. The Labute approximate surface area is 117 Å². The maximum Gasteiger partial charge on any atom is 0.330 e. The van der Waals surface area contributed by atoms with Crippen LogP contribution in [0.25, 0.3) is 0 Å². The molecule has 0 aliphatic rings. The number of amides is 1. The van der Waals surface area contributed by atoms with Crippen molar-refractivity contribution in [2.75, 3.05) is 17.7 Å². The lowest BCUT2D eigenvalue weighted by Gasteiger charge is -2.19. The maximum atomic E-state index is 12.8. The molecule has 1 aromatic carbocycles. The van der Waals surface area contributed by atoms with Crippen molar-refractivity contribution in [1.82, 2.24) is 0 Å². The van der Waals surface area contributed by atoms with Gasteiger partial charge in [-0.1, -0.05) is 0 Å². The van der Waals surface area contributed by atoms with Crippen molar-refractivity contribution in [1.29, 1.82) is 0 Å². The third-order valence-corrected chi connectivity index (χ3v) is 2.49. The summed E-state index contributed by atoms with van der Waals surface area (Å²) in [6.07, 6.45) is -5.31. The van der Waals surface area contributed by atoms with Gasteiger partial charge in [-0.2, -0.15) is 8.78 Å². The fourth-order valence-electron chi connectivity index (χ4n) is 1.26. The summed E-state index contributed by atoms with van der Waals surface area (Å²) in [5.74, 6) is -5.84. The van der Waals surface area contributed by atoms with Gasteiger partial charge >= 0.3 is 12.3 Å². The average molecular weight is 312 g/mol. The van der Waals surface area contributed by atoms with Gasteiger partial charge in [-0.3, -0.25) is 4.79 Å². The number of nitrogens with two attached hydrogens (primary N) is 1. The van der Waals surface area contributed by atoms with Gasteiger partial charge in [0.2, 0.25) is 0 Å². The van der Waals surface area contributed by atoms with Crippen molar-refractivity contribution < 1.29 is 31.5 Å². The molecular formula is C12H13F5N2O2. The number of hydrogen-bond acceptors (Lipinski definition) is 3. The van der Waals surface area contributed by atoms with Crippen molar-refractivity contribution in [2.45, 2.75) is 25.4 Å². The van der Waals surface area contributed by atoms with Crippen molar-refractivity contribution in [3.63, 3.8) is 0 Å². The molecule has 21 heavy (non-hydrogen) atoms. The highest BCUT2D eigenvalue weighted by atomic mass is 19.3. The van der Waals surface area contributed by atoms with E-state index in [9.17, 15) is 26.7 Å². The highest BCUT2D eigenvalue weighted by molar-refractivity contribution is 5.96. The van der Waals surface area contributed by atoms with Crippen LogP contribution in [0.15, 0.2) is 18.2 Å². The molecule has 1 atom stereocenters. The Balaban J connectivity index is 2.59. The molecule has 3 N–H and O–H groups in total. The molecule has 118 valence electrons. The second kappa shape index (κ2) is 6.70. The average Bonchev–Trinajstić information content (AvgIpc) is 2.39. The van der Waals surface area contributed by atoms with Crippen LogP contribution in [0.3, 0.4) is 0 Å². The Kier molecular flexibility index (Phi) is 5.47. The molecule has 0 radical (unpaired) electrons. The number of alkyl halides is 4. The number of nitrogen functional groups attached to an aromatic ring is 1. The number of nitrogens with one attached hydrogen (secondary N) is 1. The number of carbonyl (C=O) groups excluding carboxylic acids is 1. The maximum absolute atomic E-state index is 12.8. The Morgan fingerprint density at radius 1 is 1.43 bits per heavy atom. The lowest BCUT2D eigenvalue weighted by molar-refractivity contribution is -0.176. The van der Waals surface area contributed by atoms with Crippen LogP contribution in [0.4, 0.5) is 33.3 Å². The van der Waals surface area contributed by atoms with E-state index in [-0.39, 0.29) is 11.4 Å². The molecule has 1 rings (SSSR count). The molecule has 0 spiro atoms. The van der Waals surface area contributed by atoms with Gasteiger partial charge in [-0.15, -0.1) is 0 Å². The second-order valence-corrected chi connectivity index (χ2v) is 4.24. The summed E-state index contributed by atoms with van der Waals surface area (Å²) in [5, 5.41) is 2.21. The van der Waals surface area contributed by atoms with E-state index < -0.39 is 36.8 Å². The Hall–Kier alpha value is -1.90. The molecule has 0 heterocycles. The van der Waals surface area contributed by atoms with E-state index in [1.165, 1.54) is 6.07 Å². The monoisotopic (exact) mass is 312 g/mol. The number of carbonyl (C=O) groups is 1. The van der Waals surface area contributed by atoms with Crippen molar-refractivity contribution >= 4 is 17.3 Å². The van der Waals surface area contributed by atoms with Crippen LogP contribution in [0.1, 0.15) is 6.92 Å². The lowest BCUT2D eigenvalue weighted by atomic mass is 10.2. The summed E-state index contributed by atoms with van der Waals surface area (Å²) in [7, 11) is 0. The van der Waals surface area contributed by atoms with E-state index in [1.807, 2.05) is 0 Å². The second-order valence-electron chi connectivity index (χ2n) is 4.24. The molecule has 0 bridgehead atoms. The number of hydrogen-bond donors (Lipinski definition) is 2. The summed E-state index contributed by atoms with van der Waals surface area (Å²) in [6.45, 7) is -0.491. The normalized spacial score (nSPS) is 13.3. The van der Waals surface area contributed by atoms with E-state index in [1.54, 1.807) is 0 Å². The Morgan fingerprint density at radius 2 is 2.05 bits per heavy atom. The molecule has 1 amide bonds. The van der Waals surface area contributed by atoms with Crippen molar-refractivity contribution in [3.05, 3.63) is 24.0 Å². The van der Waals surface area contributed by atoms with Crippen LogP contribution in [0.2, 0.25) is 0 Å². The van der Waals surface area contributed by atoms with E-state index in [2.05, 4.69) is 10.1 Å². The molecule has 0 saturated carbocycles. The fraction of sp³-hybridized carbons (Fsp3) is 0.417. The van der Waals surface area contributed by atoms with Gasteiger partial charge in [0, 0.05) is 0 Å². The van der Waals surface area contributed by atoms with Crippen LogP contribution in [-0.2, 0) is 9.53 Å². The van der Waals surface area contributed by atoms with Crippen LogP contribution in [0.5, 0.6) is 0 Å². The first-order chi connectivity index (χ1) is 9.63. The minimum atomic E-state index is -4.34. The van der Waals surface area contributed by atoms with Crippen molar-refractivity contribution in [2.24, 2.45) is 0 Å². The van der Waals surface area contributed by atoms with Crippen LogP contribution in [-0.4, -0.2) is 31.0 Å². The van der Waals surface area contributed by atoms with Gasteiger partial charge in [-0.05, 0) is 25.1 Å². The van der Waals surface area contributed by atoms with E-state index in [0.29, 0.717) is 0 Å². The third-order valence-electron chi connectivity index (χ3n) is 2.49. The number of ether oxygens (including phenoxy) is 1. The SMILES string of the molecule is CC(OCC(F)(F)C(F)F)C(=O)Nc1ccc(F)cc1N. The summed E-state index contributed by atoms with van der Waals surface area (Å²) in [4.78, 5) is 11.6. The molecule has 0 saturated heterocycles. The topological polar surface area (TPSA) is 64.3 Å². The molecule has 1 unspecified atom stereocenters. The van der Waals surface area contributed by atoms with Gasteiger partial charge in [0.05, 0.1) is 11.4 Å². The highest BCUT2D eigenvalue weighted by Crippen LogP contribution is 2.24. The first-order valence-corrected chi connectivity index (χ1v) is 5.77. The van der Waals surface area contributed by atoms with Crippen LogP contribution in [0, 0.1) is 5.82 Å². The van der Waals surface area contributed by atoms with Gasteiger partial charge in [0.15, 0.2) is 0 Å². The van der Waals surface area contributed by atoms with Gasteiger partial charge in [0.25, 0.3) is 5.91 Å². The molecular weight excluding hydrogens is 299 g/mol. The number of halogens is 5. The zero-order valence-corrected chi connectivity index (χ0v) is 10.9.